The highest BCUT2D eigenvalue weighted by atomic mass is 16.1. The molecule has 0 radical (unpaired) electrons. The molecule has 0 saturated carbocycles. The van der Waals surface area contributed by atoms with Crippen molar-refractivity contribution >= 4 is 17.6 Å². The third-order valence-corrected chi connectivity index (χ3v) is 2.56. The number of hydrogen-bond acceptors (Lipinski definition) is 3. The molecule has 2 aromatic heterocycles. The molecule has 0 aliphatic rings. The van der Waals surface area contributed by atoms with Crippen molar-refractivity contribution in [3.63, 3.8) is 0 Å². The molecule has 0 unspecified atom stereocenters. The molecule has 0 aliphatic heterocycles. The van der Waals surface area contributed by atoms with Crippen LogP contribution in [0.1, 0.15) is 12.0 Å². The van der Waals surface area contributed by atoms with Crippen molar-refractivity contribution in [1.29, 1.82) is 0 Å². The average Bonchev–Trinajstić information content (AvgIpc) is 2.65. The van der Waals surface area contributed by atoms with Crippen LogP contribution in [0.15, 0.2) is 24.4 Å². The second-order valence-electron chi connectivity index (χ2n) is 3.93. The van der Waals surface area contributed by atoms with Crippen LogP contribution < -0.4 is 4.90 Å². The molecule has 4 heteroatoms. The number of aromatic nitrogens is 2. The number of hydrogen-bond donors (Lipinski definition) is 0. The fraction of sp³-hybridized carbons (Fsp3) is 0.333. The second kappa shape index (κ2) is 4.35. The Balaban J connectivity index is 2.55. The van der Waals surface area contributed by atoms with Crippen LogP contribution >= 0.6 is 0 Å². The predicted molar refractivity (Wildman–Crippen MR) is 63.9 cm³/mol. The van der Waals surface area contributed by atoms with E-state index in [0.717, 1.165) is 29.6 Å². The number of rotatable bonds is 4. The van der Waals surface area contributed by atoms with Gasteiger partial charge in [-0.3, -0.25) is 0 Å². The normalized spacial score (nSPS) is 10.6. The minimum Gasteiger partial charge on any atom is -0.361 e. The summed E-state index contributed by atoms with van der Waals surface area (Å²) in [7, 11) is 3.93. The Bertz CT molecular complexity index is 502. The van der Waals surface area contributed by atoms with Gasteiger partial charge in [0.25, 0.3) is 0 Å². The lowest BCUT2D eigenvalue weighted by Gasteiger charge is -2.10. The van der Waals surface area contributed by atoms with Crippen molar-refractivity contribution < 1.29 is 4.79 Å². The van der Waals surface area contributed by atoms with Gasteiger partial charge in [-0.05, 0) is 18.6 Å². The molecule has 0 atom stereocenters. The summed E-state index contributed by atoms with van der Waals surface area (Å²) in [6.45, 7) is 0. The SMILES string of the molecule is CN(C)c1nn2ccccc2c1CCC=O. The maximum atomic E-state index is 10.5. The lowest BCUT2D eigenvalue weighted by Crippen LogP contribution is -2.11. The van der Waals surface area contributed by atoms with E-state index in [-0.39, 0.29) is 0 Å². The smallest absolute Gasteiger partial charge is 0.154 e. The van der Waals surface area contributed by atoms with Crippen LogP contribution in [0.25, 0.3) is 5.52 Å². The van der Waals surface area contributed by atoms with E-state index < -0.39 is 0 Å². The van der Waals surface area contributed by atoms with Crippen LogP contribution in [0, 0.1) is 0 Å². The summed E-state index contributed by atoms with van der Waals surface area (Å²) in [4.78, 5) is 12.5. The zero-order valence-electron chi connectivity index (χ0n) is 9.55. The molecule has 0 fully saturated rings. The monoisotopic (exact) mass is 217 g/mol. The predicted octanol–water partition coefficient (Wildman–Crippen LogP) is 1.53. The van der Waals surface area contributed by atoms with Gasteiger partial charge in [-0.15, -0.1) is 5.10 Å². The Kier molecular flexibility index (Phi) is 2.90. The highest BCUT2D eigenvalue weighted by Gasteiger charge is 2.12. The molecule has 4 nitrogen and oxygen atoms in total. The first-order chi connectivity index (χ1) is 7.74. The Morgan fingerprint density at radius 1 is 1.44 bits per heavy atom. The van der Waals surface area contributed by atoms with Gasteiger partial charge in [-0.25, -0.2) is 4.52 Å². The summed E-state index contributed by atoms with van der Waals surface area (Å²) < 4.78 is 1.86. The van der Waals surface area contributed by atoms with E-state index in [4.69, 9.17) is 0 Å². The number of fused-ring (bicyclic) bond motifs is 1. The summed E-state index contributed by atoms with van der Waals surface area (Å²) in [5, 5.41) is 4.49. The van der Waals surface area contributed by atoms with Crippen LogP contribution in [0.5, 0.6) is 0 Å². The number of pyridine rings is 1. The van der Waals surface area contributed by atoms with Gasteiger partial charge in [0.05, 0.1) is 5.52 Å². The maximum absolute atomic E-state index is 10.5. The van der Waals surface area contributed by atoms with Crippen LogP contribution in [0.3, 0.4) is 0 Å². The van der Waals surface area contributed by atoms with Crippen LogP contribution in [-0.2, 0) is 11.2 Å². The fourth-order valence-corrected chi connectivity index (χ4v) is 1.84. The third kappa shape index (κ3) is 1.78. The van der Waals surface area contributed by atoms with Crippen molar-refractivity contribution in [3.05, 3.63) is 30.0 Å². The van der Waals surface area contributed by atoms with Crippen LogP contribution in [0.2, 0.25) is 0 Å². The van der Waals surface area contributed by atoms with Gasteiger partial charge < -0.3 is 9.69 Å². The fourth-order valence-electron chi connectivity index (χ4n) is 1.84. The number of carbonyl (C=O) groups is 1. The lowest BCUT2D eigenvalue weighted by atomic mass is 10.1. The molecule has 2 rings (SSSR count). The molecule has 0 amide bonds. The molecule has 2 heterocycles. The number of anilines is 1. The van der Waals surface area contributed by atoms with E-state index in [1.54, 1.807) is 0 Å². The molecule has 0 saturated heterocycles. The average molecular weight is 217 g/mol. The van der Waals surface area contributed by atoms with E-state index in [9.17, 15) is 4.79 Å². The zero-order chi connectivity index (χ0) is 11.5. The zero-order valence-corrected chi connectivity index (χ0v) is 9.55. The van der Waals surface area contributed by atoms with E-state index in [2.05, 4.69) is 5.10 Å². The molecule has 0 spiro atoms. The molecule has 16 heavy (non-hydrogen) atoms. The summed E-state index contributed by atoms with van der Waals surface area (Å²) in [6.07, 6.45) is 4.15. The number of aryl methyl sites for hydroxylation is 1. The third-order valence-electron chi connectivity index (χ3n) is 2.56. The number of aldehydes is 1. The Hall–Kier alpha value is -1.84. The molecular weight excluding hydrogens is 202 g/mol. The van der Waals surface area contributed by atoms with Gasteiger partial charge in [-0.1, -0.05) is 6.07 Å². The Morgan fingerprint density at radius 2 is 2.25 bits per heavy atom. The molecule has 0 aliphatic carbocycles. The topological polar surface area (TPSA) is 37.6 Å². The Morgan fingerprint density at radius 3 is 2.94 bits per heavy atom. The van der Waals surface area contributed by atoms with Crippen molar-refractivity contribution in [2.45, 2.75) is 12.8 Å². The molecule has 0 aromatic carbocycles. The van der Waals surface area contributed by atoms with Gasteiger partial charge in [0.2, 0.25) is 0 Å². The van der Waals surface area contributed by atoms with Crippen LogP contribution in [0.4, 0.5) is 5.82 Å². The minimum absolute atomic E-state index is 0.539. The van der Waals surface area contributed by atoms with E-state index >= 15 is 0 Å². The van der Waals surface area contributed by atoms with Gasteiger partial charge in [-0.2, -0.15) is 0 Å². The first kappa shape index (κ1) is 10.7. The summed E-state index contributed by atoms with van der Waals surface area (Å²) in [5.74, 6) is 0.938. The quantitative estimate of drug-likeness (QED) is 0.729. The highest BCUT2D eigenvalue weighted by Crippen LogP contribution is 2.23. The first-order valence-electron chi connectivity index (χ1n) is 5.31. The van der Waals surface area contributed by atoms with Gasteiger partial charge in [0, 0.05) is 32.3 Å². The summed E-state index contributed by atoms with van der Waals surface area (Å²) >= 11 is 0. The van der Waals surface area contributed by atoms with Gasteiger partial charge >= 0.3 is 0 Å². The van der Waals surface area contributed by atoms with E-state index in [1.807, 2.05) is 47.9 Å². The number of carbonyl (C=O) groups excluding carboxylic acids is 1. The lowest BCUT2D eigenvalue weighted by molar-refractivity contribution is -0.107. The first-order valence-corrected chi connectivity index (χ1v) is 5.31. The second-order valence-corrected chi connectivity index (χ2v) is 3.93. The standard InChI is InChI=1S/C12H15N3O/c1-14(2)12-10(6-5-9-16)11-7-3-4-8-15(11)13-12/h3-4,7-9H,5-6H2,1-2H3. The maximum Gasteiger partial charge on any atom is 0.154 e. The van der Waals surface area contributed by atoms with Crippen molar-refractivity contribution in [1.82, 2.24) is 9.61 Å². The van der Waals surface area contributed by atoms with Crippen molar-refractivity contribution in [2.75, 3.05) is 19.0 Å². The summed E-state index contributed by atoms with van der Waals surface area (Å²) in [6, 6.07) is 5.96. The number of nitrogens with zero attached hydrogens (tertiary/aromatic N) is 3. The van der Waals surface area contributed by atoms with Crippen LogP contribution in [-0.4, -0.2) is 30.0 Å². The minimum atomic E-state index is 0.539. The molecule has 84 valence electrons. The largest absolute Gasteiger partial charge is 0.361 e. The molecule has 0 N–H and O–H groups in total. The molecule has 2 aromatic rings. The van der Waals surface area contributed by atoms with Gasteiger partial charge in [0.15, 0.2) is 5.82 Å². The molecular formula is C12H15N3O. The highest BCUT2D eigenvalue weighted by molar-refractivity contribution is 5.67. The van der Waals surface area contributed by atoms with E-state index in [1.165, 1.54) is 0 Å². The molecule has 0 bridgehead atoms. The van der Waals surface area contributed by atoms with Crippen molar-refractivity contribution in [3.8, 4) is 0 Å². The Labute approximate surface area is 94.5 Å². The van der Waals surface area contributed by atoms with E-state index in [0.29, 0.717) is 6.42 Å². The van der Waals surface area contributed by atoms with Gasteiger partial charge in [0.1, 0.15) is 6.29 Å². The summed E-state index contributed by atoms with van der Waals surface area (Å²) in [5.41, 5.74) is 2.21. The van der Waals surface area contributed by atoms with Crippen molar-refractivity contribution in [2.24, 2.45) is 0 Å².